The molecule has 1 aliphatic rings. The van der Waals surface area contributed by atoms with Crippen molar-refractivity contribution >= 4 is 5.97 Å². The molecule has 2 atom stereocenters. The zero-order chi connectivity index (χ0) is 7.56. The van der Waals surface area contributed by atoms with E-state index in [1.807, 2.05) is 6.92 Å². The largest absolute Gasteiger partial charge is 0.481 e. The van der Waals surface area contributed by atoms with Gasteiger partial charge >= 0.3 is 5.97 Å². The van der Waals surface area contributed by atoms with Gasteiger partial charge in [0, 0.05) is 6.61 Å². The third-order valence-corrected chi connectivity index (χ3v) is 1.92. The lowest BCUT2D eigenvalue weighted by molar-refractivity contribution is -0.150. The summed E-state index contributed by atoms with van der Waals surface area (Å²) in [7, 11) is 0. The molecule has 0 aromatic heterocycles. The third kappa shape index (κ3) is 1.48. The molecule has 1 saturated heterocycles. The fraction of sp³-hybridized carbons (Fsp3) is 0.857. The van der Waals surface area contributed by atoms with E-state index < -0.39 is 5.97 Å². The maximum Gasteiger partial charge on any atom is 0.309 e. The zero-order valence-corrected chi connectivity index (χ0v) is 6.04. The van der Waals surface area contributed by atoms with Crippen LogP contribution in [0.2, 0.25) is 0 Å². The van der Waals surface area contributed by atoms with Crippen LogP contribution < -0.4 is 0 Å². The number of carboxylic acid groups (broad SMARTS) is 1. The molecule has 3 heteroatoms. The second-order valence-corrected chi connectivity index (χ2v) is 2.66. The Kier molecular flexibility index (Phi) is 2.27. The molecule has 0 aromatic rings. The van der Waals surface area contributed by atoms with Gasteiger partial charge in [0.05, 0.1) is 12.0 Å². The van der Waals surface area contributed by atoms with E-state index in [2.05, 4.69) is 0 Å². The molecule has 0 aliphatic carbocycles. The monoisotopic (exact) mass is 144 g/mol. The highest BCUT2D eigenvalue weighted by Crippen LogP contribution is 2.19. The molecule has 0 amide bonds. The molecule has 1 N–H and O–H groups in total. The van der Waals surface area contributed by atoms with Crippen LogP contribution in [0.3, 0.4) is 0 Å². The van der Waals surface area contributed by atoms with Crippen molar-refractivity contribution < 1.29 is 14.6 Å². The Hall–Kier alpha value is -0.570. The van der Waals surface area contributed by atoms with Gasteiger partial charge in [-0.2, -0.15) is 0 Å². The van der Waals surface area contributed by atoms with Crippen LogP contribution in [-0.4, -0.2) is 23.8 Å². The van der Waals surface area contributed by atoms with Crippen LogP contribution in [0.1, 0.15) is 19.8 Å². The van der Waals surface area contributed by atoms with Crippen LogP contribution in [-0.2, 0) is 9.53 Å². The molecule has 0 radical (unpaired) electrons. The summed E-state index contributed by atoms with van der Waals surface area (Å²) >= 11 is 0. The van der Waals surface area contributed by atoms with E-state index in [1.165, 1.54) is 0 Å². The first-order valence-electron chi connectivity index (χ1n) is 3.56. The fourth-order valence-corrected chi connectivity index (χ4v) is 1.25. The van der Waals surface area contributed by atoms with Gasteiger partial charge < -0.3 is 9.84 Å². The Balaban J connectivity index is 2.47. The number of rotatable bonds is 1. The number of hydrogen-bond donors (Lipinski definition) is 1. The maximum atomic E-state index is 10.5. The normalized spacial score (nSPS) is 33.7. The Morgan fingerprint density at radius 1 is 1.70 bits per heavy atom. The number of carbonyl (C=O) groups is 1. The second kappa shape index (κ2) is 3.01. The average Bonchev–Trinajstić information content (AvgIpc) is 1.88. The van der Waals surface area contributed by atoms with Crippen LogP contribution in [0.15, 0.2) is 0 Å². The van der Waals surface area contributed by atoms with Crippen molar-refractivity contribution in [2.75, 3.05) is 6.61 Å². The lowest BCUT2D eigenvalue weighted by atomic mass is 9.96. The van der Waals surface area contributed by atoms with Crippen LogP contribution in [0.5, 0.6) is 0 Å². The number of hydrogen-bond acceptors (Lipinski definition) is 2. The zero-order valence-electron chi connectivity index (χ0n) is 6.04. The molecular formula is C7H12O3. The number of carboxylic acids is 1. The lowest BCUT2D eigenvalue weighted by Crippen LogP contribution is -2.32. The van der Waals surface area contributed by atoms with E-state index in [0.717, 1.165) is 12.8 Å². The molecular weight excluding hydrogens is 132 g/mol. The third-order valence-electron chi connectivity index (χ3n) is 1.92. The van der Waals surface area contributed by atoms with Gasteiger partial charge in [-0.25, -0.2) is 0 Å². The molecule has 58 valence electrons. The van der Waals surface area contributed by atoms with E-state index in [9.17, 15) is 4.79 Å². The molecule has 0 bridgehead atoms. The van der Waals surface area contributed by atoms with Crippen LogP contribution in [0.25, 0.3) is 0 Å². The van der Waals surface area contributed by atoms with Crippen molar-refractivity contribution in [3.8, 4) is 0 Å². The van der Waals surface area contributed by atoms with Crippen molar-refractivity contribution in [1.82, 2.24) is 0 Å². The first-order chi connectivity index (χ1) is 4.72. The van der Waals surface area contributed by atoms with Crippen molar-refractivity contribution in [2.45, 2.75) is 25.9 Å². The number of ether oxygens (including phenoxy) is 1. The van der Waals surface area contributed by atoms with Crippen LogP contribution >= 0.6 is 0 Å². The fourth-order valence-electron chi connectivity index (χ4n) is 1.25. The highest BCUT2D eigenvalue weighted by Gasteiger charge is 2.27. The molecule has 0 spiro atoms. The highest BCUT2D eigenvalue weighted by atomic mass is 16.5. The minimum atomic E-state index is -0.729. The predicted octanol–water partition coefficient (Wildman–Crippen LogP) is 0.886. The smallest absolute Gasteiger partial charge is 0.309 e. The van der Waals surface area contributed by atoms with E-state index in [4.69, 9.17) is 9.84 Å². The van der Waals surface area contributed by atoms with Crippen molar-refractivity contribution in [1.29, 1.82) is 0 Å². The molecule has 0 unspecified atom stereocenters. The lowest BCUT2D eigenvalue weighted by Gasteiger charge is -2.25. The molecule has 10 heavy (non-hydrogen) atoms. The van der Waals surface area contributed by atoms with Crippen LogP contribution in [0, 0.1) is 5.92 Å². The van der Waals surface area contributed by atoms with Crippen molar-refractivity contribution in [3.63, 3.8) is 0 Å². The highest BCUT2D eigenvalue weighted by molar-refractivity contribution is 5.70. The molecule has 1 fully saturated rings. The Bertz CT molecular complexity index is 133. The van der Waals surface area contributed by atoms with Crippen LogP contribution in [0.4, 0.5) is 0 Å². The van der Waals surface area contributed by atoms with Crippen molar-refractivity contribution in [2.24, 2.45) is 5.92 Å². The standard InChI is InChI=1S/C7H12O3/c1-5-6(7(8)9)3-2-4-10-5/h5-6H,2-4H2,1H3,(H,8,9)/t5-,6-/m0/s1. The summed E-state index contributed by atoms with van der Waals surface area (Å²) in [6.07, 6.45) is 1.53. The van der Waals surface area contributed by atoms with E-state index in [-0.39, 0.29) is 12.0 Å². The maximum absolute atomic E-state index is 10.5. The quantitative estimate of drug-likeness (QED) is 0.594. The van der Waals surface area contributed by atoms with E-state index in [0.29, 0.717) is 6.61 Å². The predicted molar refractivity (Wildman–Crippen MR) is 35.8 cm³/mol. The van der Waals surface area contributed by atoms with Gasteiger partial charge in [0.25, 0.3) is 0 Å². The summed E-state index contributed by atoms with van der Waals surface area (Å²) < 4.78 is 5.17. The molecule has 1 heterocycles. The molecule has 0 saturated carbocycles. The van der Waals surface area contributed by atoms with Gasteiger partial charge in [-0.3, -0.25) is 4.79 Å². The summed E-state index contributed by atoms with van der Waals surface area (Å²) in [6, 6.07) is 0. The van der Waals surface area contributed by atoms with Gasteiger partial charge in [-0.15, -0.1) is 0 Å². The first-order valence-corrected chi connectivity index (χ1v) is 3.56. The summed E-state index contributed by atoms with van der Waals surface area (Å²) in [6.45, 7) is 2.53. The van der Waals surface area contributed by atoms with Gasteiger partial charge in [0.15, 0.2) is 0 Å². The van der Waals surface area contributed by atoms with Gasteiger partial charge in [-0.1, -0.05) is 0 Å². The van der Waals surface area contributed by atoms with E-state index >= 15 is 0 Å². The second-order valence-electron chi connectivity index (χ2n) is 2.66. The summed E-state index contributed by atoms with van der Waals surface area (Å²) in [5.41, 5.74) is 0. The SMILES string of the molecule is C[C@@H]1OCCC[C@@H]1C(=O)O. The van der Waals surface area contributed by atoms with Gasteiger partial charge in [0.1, 0.15) is 0 Å². The van der Waals surface area contributed by atoms with Gasteiger partial charge in [-0.05, 0) is 19.8 Å². The minimum absolute atomic E-state index is 0.105. The minimum Gasteiger partial charge on any atom is -0.481 e. The molecule has 0 aromatic carbocycles. The van der Waals surface area contributed by atoms with E-state index in [1.54, 1.807) is 0 Å². The average molecular weight is 144 g/mol. The van der Waals surface area contributed by atoms with Crippen molar-refractivity contribution in [3.05, 3.63) is 0 Å². The first kappa shape index (κ1) is 7.54. The molecule has 1 rings (SSSR count). The Morgan fingerprint density at radius 3 is 2.80 bits per heavy atom. The summed E-state index contributed by atoms with van der Waals surface area (Å²) in [5, 5.41) is 8.63. The molecule has 3 nitrogen and oxygen atoms in total. The van der Waals surface area contributed by atoms with Gasteiger partial charge in [0.2, 0.25) is 0 Å². The topological polar surface area (TPSA) is 46.5 Å². The summed E-state index contributed by atoms with van der Waals surface area (Å²) in [4.78, 5) is 10.5. The molecule has 1 aliphatic heterocycles. The Morgan fingerprint density at radius 2 is 2.40 bits per heavy atom. The number of aliphatic carboxylic acids is 1. The summed E-state index contributed by atoms with van der Waals surface area (Å²) in [5.74, 6) is -1.01. The Labute approximate surface area is 60.0 Å².